The van der Waals surface area contributed by atoms with E-state index in [0.29, 0.717) is 26.0 Å². The summed E-state index contributed by atoms with van der Waals surface area (Å²) in [6.45, 7) is 2.59. The first-order valence-electron chi connectivity index (χ1n) is 6.63. The second-order valence-electron chi connectivity index (χ2n) is 4.53. The fourth-order valence-corrected chi connectivity index (χ4v) is 2.09. The molecule has 1 fully saturated rings. The van der Waals surface area contributed by atoms with Gasteiger partial charge in [0, 0.05) is 31.3 Å². The van der Waals surface area contributed by atoms with Crippen LogP contribution in [0.1, 0.15) is 19.8 Å². The summed E-state index contributed by atoms with van der Waals surface area (Å²) >= 11 is 0. The van der Waals surface area contributed by atoms with Crippen LogP contribution in [-0.4, -0.2) is 52.7 Å². The van der Waals surface area contributed by atoms with Gasteiger partial charge in [-0.2, -0.15) is 0 Å². The number of hydrogen-bond acceptors (Lipinski definition) is 4. The topological polar surface area (TPSA) is 53.1 Å². The van der Waals surface area contributed by atoms with Crippen LogP contribution in [0.2, 0.25) is 0 Å². The van der Waals surface area contributed by atoms with Crippen LogP contribution < -0.4 is 0 Å². The summed E-state index contributed by atoms with van der Waals surface area (Å²) in [6, 6.07) is -0.390. The van der Waals surface area contributed by atoms with Crippen LogP contribution in [0.4, 0.5) is 9.18 Å². The Balaban J connectivity index is 1.87. The zero-order valence-electron chi connectivity index (χ0n) is 11.4. The lowest BCUT2D eigenvalue weighted by Crippen LogP contribution is -2.40. The van der Waals surface area contributed by atoms with Crippen molar-refractivity contribution in [3.05, 3.63) is 24.8 Å². The van der Waals surface area contributed by atoms with Crippen LogP contribution in [0.5, 0.6) is 0 Å². The Labute approximate surface area is 117 Å². The fourth-order valence-electron chi connectivity index (χ4n) is 2.09. The molecule has 0 bridgehead atoms. The van der Waals surface area contributed by atoms with Gasteiger partial charge in [0.25, 0.3) is 0 Å². The molecular formula is C13H18FN3O3. The van der Waals surface area contributed by atoms with Crippen molar-refractivity contribution < 1.29 is 18.7 Å². The summed E-state index contributed by atoms with van der Waals surface area (Å²) in [5.41, 5.74) is 0. The molecule has 2 aliphatic heterocycles. The number of esters is 1. The number of carbonyl (C=O) groups is 2. The number of hydrogen-bond donors (Lipinski definition) is 0. The predicted molar refractivity (Wildman–Crippen MR) is 69.7 cm³/mol. The van der Waals surface area contributed by atoms with Gasteiger partial charge in [0.15, 0.2) is 6.30 Å². The van der Waals surface area contributed by atoms with Crippen molar-refractivity contribution >= 4 is 12.0 Å². The highest BCUT2D eigenvalue weighted by atomic mass is 19.1. The van der Waals surface area contributed by atoms with Gasteiger partial charge in [-0.3, -0.25) is 14.6 Å². The largest absolute Gasteiger partial charge is 0.465 e. The molecule has 0 N–H and O–H groups in total. The van der Waals surface area contributed by atoms with E-state index in [0.717, 1.165) is 0 Å². The maximum Gasteiger partial charge on any atom is 0.330 e. The number of halogens is 1. The molecule has 2 aliphatic rings. The average Bonchev–Trinajstić information content (AvgIpc) is 2.85. The van der Waals surface area contributed by atoms with Gasteiger partial charge in [0.2, 0.25) is 0 Å². The second-order valence-corrected chi connectivity index (χ2v) is 4.53. The van der Waals surface area contributed by atoms with Crippen molar-refractivity contribution in [2.45, 2.75) is 26.1 Å². The molecule has 2 rings (SSSR count). The SMILES string of the molecule is CCOC(=O)CN1C=CN(C(=O)N2CCC[C@@H]2F)C=C1. The first kappa shape index (κ1) is 14.4. The minimum atomic E-state index is -1.21. The smallest absolute Gasteiger partial charge is 0.330 e. The number of rotatable bonds is 3. The van der Waals surface area contributed by atoms with Gasteiger partial charge in [-0.05, 0) is 19.8 Å². The summed E-state index contributed by atoms with van der Waals surface area (Å²) in [5, 5.41) is 0. The van der Waals surface area contributed by atoms with Crippen molar-refractivity contribution in [2.75, 3.05) is 19.7 Å². The molecule has 0 aliphatic carbocycles. The van der Waals surface area contributed by atoms with Gasteiger partial charge in [-0.1, -0.05) is 0 Å². The Morgan fingerprint density at radius 3 is 2.55 bits per heavy atom. The average molecular weight is 283 g/mol. The molecular weight excluding hydrogens is 265 g/mol. The van der Waals surface area contributed by atoms with Crippen molar-refractivity contribution in [3.63, 3.8) is 0 Å². The lowest BCUT2D eigenvalue weighted by molar-refractivity contribution is -0.143. The molecule has 0 spiro atoms. The van der Waals surface area contributed by atoms with Crippen molar-refractivity contribution in [1.29, 1.82) is 0 Å². The molecule has 0 aromatic carbocycles. The maximum atomic E-state index is 13.5. The number of nitrogens with zero attached hydrogens (tertiary/aromatic N) is 3. The van der Waals surface area contributed by atoms with E-state index in [1.54, 1.807) is 24.2 Å². The van der Waals surface area contributed by atoms with Gasteiger partial charge in [-0.25, -0.2) is 9.18 Å². The van der Waals surface area contributed by atoms with Crippen LogP contribution in [0, 0.1) is 0 Å². The second kappa shape index (κ2) is 6.40. The minimum Gasteiger partial charge on any atom is -0.465 e. The number of carbonyl (C=O) groups excluding carboxylic acids is 2. The molecule has 1 atom stereocenters. The highest BCUT2D eigenvalue weighted by molar-refractivity contribution is 5.77. The summed E-state index contributed by atoms with van der Waals surface area (Å²) in [4.78, 5) is 27.5. The molecule has 0 unspecified atom stereocenters. The van der Waals surface area contributed by atoms with E-state index in [2.05, 4.69) is 0 Å². The van der Waals surface area contributed by atoms with E-state index >= 15 is 0 Å². The van der Waals surface area contributed by atoms with Crippen molar-refractivity contribution in [1.82, 2.24) is 14.7 Å². The van der Waals surface area contributed by atoms with Crippen LogP contribution >= 0.6 is 0 Å². The molecule has 110 valence electrons. The number of ether oxygens (including phenoxy) is 1. The summed E-state index contributed by atoms with van der Waals surface area (Å²) in [7, 11) is 0. The lowest BCUT2D eigenvalue weighted by atomic mass is 10.4. The molecule has 7 heteroatoms. The molecule has 0 radical (unpaired) electrons. The fraction of sp³-hybridized carbons (Fsp3) is 0.538. The Bertz CT molecular complexity index is 425. The molecule has 2 heterocycles. The predicted octanol–water partition coefficient (Wildman–Crippen LogP) is 1.62. The van der Waals surface area contributed by atoms with E-state index in [1.807, 2.05) is 0 Å². The molecule has 20 heavy (non-hydrogen) atoms. The highest BCUT2D eigenvalue weighted by Gasteiger charge is 2.30. The highest BCUT2D eigenvalue weighted by Crippen LogP contribution is 2.20. The minimum absolute atomic E-state index is 0.0817. The number of alkyl halides is 1. The quantitative estimate of drug-likeness (QED) is 0.583. The van der Waals surface area contributed by atoms with Gasteiger partial charge < -0.3 is 9.64 Å². The van der Waals surface area contributed by atoms with E-state index in [-0.39, 0.29) is 12.5 Å². The Morgan fingerprint density at radius 2 is 2.00 bits per heavy atom. The monoisotopic (exact) mass is 283 g/mol. The van der Waals surface area contributed by atoms with Gasteiger partial charge in [0.05, 0.1) is 6.61 Å². The van der Waals surface area contributed by atoms with E-state index < -0.39 is 12.3 Å². The molecule has 1 saturated heterocycles. The summed E-state index contributed by atoms with van der Waals surface area (Å²) in [6.07, 6.45) is 6.04. The third-order valence-corrected chi connectivity index (χ3v) is 3.10. The van der Waals surface area contributed by atoms with Gasteiger partial charge >= 0.3 is 12.0 Å². The van der Waals surface area contributed by atoms with Crippen LogP contribution in [0.15, 0.2) is 24.8 Å². The third-order valence-electron chi connectivity index (χ3n) is 3.10. The number of urea groups is 1. The standard InChI is InChI=1S/C13H18FN3O3/c1-2-20-12(18)10-15-6-8-16(9-7-15)13(19)17-5-3-4-11(17)14/h6-9,11H,2-5,10H2,1H3/t11-/m1/s1. The first-order valence-corrected chi connectivity index (χ1v) is 6.63. The van der Waals surface area contributed by atoms with Gasteiger partial charge in [0.1, 0.15) is 6.54 Å². The van der Waals surface area contributed by atoms with E-state index in [1.165, 1.54) is 22.2 Å². The van der Waals surface area contributed by atoms with Gasteiger partial charge in [-0.15, -0.1) is 0 Å². The Morgan fingerprint density at radius 1 is 1.30 bits per heavy atom. The Hall–Kier alpha value is -2.05. The zero-order chi connectivity index (χ0) is 14.5. The van der Waals surface area contributed by atoms with Crippen molar-refractivity contribution in [2.24, 2.45) is 0 Å². The van der Waals surface area contributed by atoms with Crippen molar-refractivity contribution in [3.8, 4) is 0 Å². The molecule has 2 amide bonds. The number of likely N-dealkylation sites (tertiary alicyclic amines) is 1. The van der Waals surface area contributed by atoms with E-state index in [9.17, 15) is 14.0 Å². The normalized spacial score (nSPS) is 21.5. The van der Waals surface area contributed by atoms with Crippen LogP contribution in [-0.2, 0) is 9.53 Å². The lowest BCUT2D eigenvalue weighted by Gasteiger charge is -2.27. The molecule has 6 nitrogen and oxygen atoms in total. The van der Waals surface area contributed by atoms with Crippen LogP contribution in [0.25, 0.3) is 0 Å². The summed E-state index contributed by atoms with van der Waals surface area (Å²) < 4.78 is 18.3. The maximum absolute atomic E-state index is 13.5. The third kappa shape index (κ3) is 3.28. The molecule has 0 aromatic rings. The zero-order valence-corrected chi connectivity index (χ0v) is 11.4. The number of amides is 2. The molecule has 0 saturated carbocycles. The first-order chi connectivity index (χ1) is 9.61. The Kier molecular flexibility index (Phi) is 4.60. The van der Waals surface area contributed by atoms with E-state index in [4.69, 9.17) is 4.74 Å². The van der Waals surface area contributed by atoms with Crippen LogP contribution in [0.3, 0.4) is 0 Å². The summed E-state index contributed by atoms with van der Waals surface area (Å²) in [5.74, 6) is -0.343. The molecule has 0 aromatic heterocycles.